The van der Waals surface area contributed by atoms with Crippen LogP contribution in [0, 0.1) is 5.41 Å². The molecular weight excluding hydrogens is 334 g/mol. The van der Waals surface area contributed by atoms with E-state index in [1.165, 1.54) is 17.4 Å². The highest BCUT2D eigenvalue weighted by molar-refractivity contribution is 8.00. The molecular formula is C20H29NO3S. The zero-order valence-corrected chi connectivity index (χ0v) is 17.3. The van der Waals surface area contributed by atoms with E-state index in [1.807, 2.05) is 31.7 Å². The summed E-state index contributed by atoms with van der Waals surface area (Å²) in [6.07, 6.45) is 0.617. The maximum absolute atomic E-state index is 12.2. The van der Waals surface area contributed by atoms with Crippen molar-refractivity contribution in [3.05, 3.63) is 23.9 Å². The van der Waals surface area contributed by atoms with Gasteiger partial charge in [0.15, 0.2) is 0 Å². The van der Waals surface area contributed by atoms with E-state index in [0.717, 1.165) is 17.0 Å². The van der Waals surface area contributed by atoms with Crippen molar-refractivity contribution >= 4 is 28.6 Å². The van der Waals surface area contributed by atoms with Gasteiger partial charge in [-0.2, -0.15) is 0 Å². The summed E-state index contributed by atoms with van der Waals surface area (Å²) in [7, 11) is 5.18. The lowest BCUT2D eigenvalue weighted by Crippen LogP contribution is -2.29. The maximum atomic E-state index is 12.2. The summed E-state index contributed by atoms with van der Waals surface area (Å²) in [5, 5.41) is 1.19. The van der Waals surface area contributed by atoms with Crippen molar-refractivity contribution in [1.29, 1.82) is 0 Å². The minimum Gasteiger partial charge on any atom is -0.497 e. The summed E-state index contributed by atoms with van der Waals surface area (Å²) in [6.45, 7) is 10.5. The molecule has 0 unspecified atom stereocenters. The lowest BCUT2D eigenvalue weighted by atomic mass is 9.88. The summed E-state index contributed by atoms with van der Waals surface area (Å²) in [6, 6.07) is 6.15. The first-order valence-corrected chi connectivity index (χ1v) is 9.24. The summed E-state index contributed by atoms with van der Waals surface area (Å²) in [4.78, 5) is 13.4. The van der Waals surface area contributed by atoms with Gasteiger partial charge in [-0.05, 0) is 26.0 Å². The van der Waals surface area contributed by atoms with Crippen molar-refractivity contribution in [2.24, 2.45) is 12.5 Å². The second kappa shape index (κ2) is 6.94. The Balaban J connectivity index is 2.65. The molecule has 25 heavy (non-hydrogen) atoms. The molecule has 138 valence electrons. The smallest absolute Gasteiger partial charge is 0.311 e. The molecule has 0 aliphatic carbocycles. The molecule has 2 rings (SSSR count). The van der Waals surface area contributed by atoms with Crippen LogP contribution in [-0.2, 0) is 23.0 Å². The van der Waals surface area contributed by atoms with Crippen LogP contribution in [0.2, 0.25) is 0 Å². The number of hydrogen-bond acceptors (Lipinski definition) is 4. The minimum atomic E-state index is -0.589. The van der Waals surface area contributed by atoms with Gasteiger partial charge < -0.3 is 14.0 Å². The van der Waals surface area contributed by atoms with Crippen LogP contribution in [0.1, 0.15) is 40.3 Å². The molecule has 1 heterocycles. The fourth-order valence-electron chi connectivity index (χ4n) is 2.95. The largest absolute Gasteiger partial charge is 0.497 e. The Kier molecular flexibility index (Phi) is 5.47. The Labute approximate surface area is 154 Å². The SMILES string of the molecule is COC(=O)C(C)(C)Cc1c(SC(C)(C)C)c2ccc(OC)cc2n1C. The zero-order valence-electron chi connectivity index (χ0n) is 16.5. The molecule has 0 bridgehead atoms. The van der Waals surface area contributed by atoms with E-state index in [2.05, 4.69) is 44.5 Å². The third-order valence-corrected chi connectivity index (χ3v) is 5.51. The van der Waals surface area contributed by atoms with Gasteiger partial charge in [-0.1, -0.05) is 20.8 Å². The quantitative estimate of drug-likeness (QED) is 0.564. The van der Waals surface area contributed by atoms with Crippen molar-refractivity contribution in [2.75, 3.05) is 14.2 Å². The Hall–Kier alpha value is -1.62. The van der Waals surface area contributed by atoms with E-state index >= 15 is 0 Å². The van der Waals surface area contributed by atoms with Crippen molar-refractivity contribution in [1.82, 2.24) is 4.57 Å². The molecule has 0 N–H and O–H groups in total. The van der Waals surface area contributed by atoms with E-state index in [1.54, 1.807) is 7.11 Å². The van der Waals surface area contributed by atoms with Crippen LogP contribution in [0.15, 0.2) is 23.1 Å². The summed E-state index contributed by atoms with van der Waals surface area (Å²) in [5.41, 5.74) is 1.68. The van der Waals surface area contributed by atoms with Crippen LogP contribution in [0.5, 0.6) is 5.75 Å². The summed E-state index contributed by atoms with van der Waals surface area (Å²) in [5.74, 6) is 0.640. The van der Waals surface area contributed by atoms with E-state index in [-0.39, 0.29) is 10.7 Å². The van der Waals surface area contributed by atoms with Crippen LogP contribution in [0.3, 0.4) is 0 Å². The van der Waals surface area contributed by atoms with E-state index in [0.29, 0.717) is 6.42 Å². The number of aromatic nitrogens is 1. The van der Waals surface area contributed by atoms with Gasteiger partial charge >= 0.3 is 5.97 Å². The highest BCUT2D eigenvalue weighted by atomic mass is 32.2. The number of methoxy groups -OCH3 is 2. The number of esters is 1. The number of carbonyl (C=O) groups is 1. The van der Waals surface area contributed by atoms with Crippen LogP contribution in [0.4, 0.5) is 0 Å². The Bertz CT molecular complexity index is 784. The van der Waals surface area contributed by atoms with Crippen LogP contribution in [0.25, 0.3) is 10.9 Å². The van der Waals surface area contributed by atoms with E-state index in [4.69, 9.17) is 9.47 Å². The third kappa shape index (κ3) is 4.14. The van der Waals surface area contributed by atoms with Crippen molar-refractivity contribution < 1.29 is 14.3 Å². The fraction of sp³-hybridized carbons (Fsp3) is 0.550. The van der Waals surface area contributed by atoms with Gasteiger partial charge in [0.25, 0.3) is 0 Å². The van der Waals surface area contributed by atoms with Crippen LogP contribution >= 0.6 is 11.8 Å². The molecule has 0 atom stereocenters. The predicted octanol–water partition coefficient (Wildman–Crippen LogP) is 4.82. The normalized spacial score (nSPS) is 12.5. The first kappa shape index (κ1) is 19.7. The van der Waals surface area contributed by atoms with Gasteiger partial charge in [0.1, 0.15) is 5.75 Å². The molecule has 0 aliphatic heterocycles. The highest BCUT2D eigenvalue weighted by Crippen LogP contribution is 2.43. The number of rotatable bonds is 5. The molecule has 0 fully saturated rings. The molecule has 0 amide bonds. The number of nitrogens with zero attached hydrogens (tertiary/aromatic N) is 1. The molecule has 0 radical (unpaired) electrons. The molecule has 0 aliphatic rings. The Morgan fingerprint density at radius 3 is 2.32 bits per heavy atom. The van der Waals surface area contributed by atoms with Gasteiger partial charge in [-0.25, -0.2) is 0 Å². The second-order valence-corrected chi connectivity index (χ2v) is 9.82. The van der Waals surface area contributed by atoms with Gasteiger partial charge in [-0.3, -0.25) is 4.79 Å². The number of carbonyl (C=O) groups excluding carboxylic acids is 1. The molecule has 4 nitrogen and oxygen atoms in total. The number of ether oxygens (including phenoxy) is 2. The van der Waals surface area contributed by atoms with Gasteiger partial charge in [0.2, 0.25) is 0 Å². The fourth-order valence-corrected chi connectivity index (χ4v) is 4.17. The summed E-state index contributed by atoms with van der Waals surface area (Å²) < 4.78 is 12.6. The Morgan fingerprint density at radius 1 is 1.16 bits per heavy atom. The number of thioether (sulfide) groups is 1. The molecule has 5 heteroatoms. The van der Waals surface area contributed by atoms with Gasteiger partial charge in [0.05, 0.1) is 25.2 Å². The first-order chi connectivity index (χ1) is 11.5. The summed E-state index contributed by atoms with van der Waals surface area (Å²) >= 11 is 1.84. The number of hydrogen-bond donors (Lipinski definition) is 0. The van der Waals surface area contributed by atoms with Crippen LogP contribution < -0.4 is 4.74 Å². The number of aryl methyl sites for hydroxylation is 1. The third-order valence-electron chi connectivity index (χ3n) is 4.23. The lowest BCUT2D eigenvalue weighted by Gasteiger charge is -2.24. The van der Waals surface area contributed by atoms with Gasteiger partial charge in [0, 0.05) is 40.3 Å². The number of benzene rings is 1. The van der Waals surface area contributed by atoms with E-state index in [9.17, 15) is 4.79 Å². The second-order valence-electron chi connectivity index (χ2n) is 7.98. The maximum Gasteiger partial charge on any atom is 0.311 e. The van der Waals surface area contributed by atoms with Crippen LogP contribution in [-0.4, -0.2) is 29.5 Å². The van der Waals surface area contributed by atoms with E-state index < -0.39 is 5.41 Å². The topological polar surface area (TPSA) is 40.5 Å². The molecule has 1 aromatic heterocycles. The predicted molar refractivity (Wildman–Crippen MR) is 105 cm³/mol. The average molecular weight is 364 g/mol. The average Bonchev–Trinajstić information content (AvgIpc) is 2.77. The highest BCUT2D eigenvalue weighted by Gasteiger charge is 2.33. The molecule has 2 aromatic rings. The van der Waals surface area contributed by atoms with Crippen molar-refractivity contribution in [3.63, 3.8) is 0 Å². The van der Waals surface area contributed by atoms with Crippen molar-refractivity contribution in [2.45, 2.75) is 50.7 Å². The molecule has 0 spiro atoms. The molecule has 0 saturated carbocycles. The van der Waals surface area contributed by atoms with Crippen molar-refractivity contribution in [3.8, 4) is 5.75 Å². The molecule has 1 aromatic carbocycles. The Morgan fingerprint density at radius 2 is 1.80 bits per heavy atom. The monoisotopic (exact) mass is 363 g/mol. The lowest BCUT2D eigenvalue weighted by molar-refractivity contribution is -0.150. The first-order valence-electron chi connectivity index (χ1n) is 8.43. The zero-order chi connectivity index (χ0) is 19.0. The number of fused-ring (bicyclic) bond motifs is 1. The minimum absolute atomic E-state index is 0.0678. The standard InChI is InChI=1S/C20H29NO3S/c1-19(2,3)25-17-14-10-9-13(23-7)11-15(14)21(6)16(17)12-20(4,5)18(22)24-8/h9-11H,12H2,1-8H3. The van der Waals surface area contributed by atoms with Gasteiger partial charge in [-0.15, -0.1) is 11.8 Å². The molecule has 0 saturated heterocycles.